The van der Waals surface area contributed by atoms with Crippen molar-refractivity contribution >= 4 is 12.6 Å². The van der Waals surface area contributed by atoms with Crippen LogP contribution in [0.15, 0.2) is 48.5 Å². The first-order chi connectivity index (χ1) is 12.8. The molecule has 0 atom stereocenters. The minimum atomic E-state index is -0.352. The fourth-order valence-electron chi connectivity index (χ4n) is 2.95. The van der Waals surface area contributed by atoms with E-state index in [1.165, 1.54) is 5.56 Å². The van der Waals surface area contributed by atoms with Crippen molar-refractivity contribution in [3.8, 4) is 5.75 Å². The van der Waals surface area contributed by atoms with Gasteiger partial charge in [-0.2, -0.15) is 0 Å². The molecular weight excluding hydrogens is 339 g/mol. The lowest BCUT2D eigenvalue weighted by Crippen LogP contribution is -2.41. The number of benzene rings is 2. The lowest BCUT2D eigenvalue weighted by atomic mass is 9.78. The maximum Gasteiger partial charge on any atom is 0.494 e. The molecule has 2 aromatic rings. The van der Waals surface area contributed by atoms with Crippen LogP contribution < -0.4 is 10.2 Å². The highest BCUT2D eigenvalue weighted by molar-refractivity contribution is 6.62. The molecule has 1 fully saturated rings. The van der Waals surface area contributed by atoms with Crippen LogP contribution in [0.1, 0.15) is 38.8 Å². The summed E-state index contributed by atoms with van der Waals surface area (Å²) < 4.78 is 23.3. The minimum absolute atomic E-state index is 0.339. The first-order valence-corrected chi connectivity index (χ1v) is 9.46. The van der Waals surface area contributed by atoms with E-state index in [0.29, 0.717) is 6.61 Å². The van der Waals surface area contributed by atoms with E-state index in [1.807, 2.05) is 24.3 Å². The molecule has 0 radical (unpaired) electrons. The molecule has 0 unspecified atom stereocenters. The van der Waals surface area contributed by atoms with Gasteiger partial charge in [0.25, 0.3) is 0 Å². The summed E-state index contributed by atoms with van der Waals surface area (Å²) in [7, 11) is 1.37. The van der Waals surface area contributed by atoms with Crippen molar-refractivity contribution in [3.05, 3.63) is 59.7 Å². The van der Waals surface area contributed by atoms with Gasteiger partial charge in [0.1, 0.15) is 12.4 Å². The number of rotatable bonds is 7. The van der Waals surface area contributed by atoms with Gasteiger partial charge < -0.3 is 18.8 Å². The summed E-state index contributed by atoms with van der Waals surface area (Å²) in [6.45, 7) is 9.50. The average Bonchev–Trinajstić information content (AvgIpc) is 2.87. The van der Waals surface area contributed by atoms with E-state index >= 15 is 0 Å². The highest BCUT2D eigenvalue weighted by Gasteiger charge is 2.51. The normalized spacial score (nSPS) is 17.9. The van der Waals surface area contributed by atoms with E-state index in [2.05, 4.69) is 52.0 Å². The largest absolute Gasteiger partial charge is 0.494 e. The van der Waals surface area contributed by atoms with Gasteiger partial charge in [-0.1, -0.05) is 36.4 Å². The van der Waals surface area contributed by atoms with Gasteiger partial charge in [0.2, 0.25) is 0 Å². The molecule has 1 aliphatic heterocycles. The van der Waals surface area contributed by atoms with Crippen LogP contribution >= 0.6 is 0 Å². The second kappa shape index (κ2) is 8.05. The zero-order chi connectivity index (χ0) is 19.5. The molecule has 0 amide bonds. The summed E-state index contributed by atoms with van der Waals surface area (Å²) >= 11 is 0. The zero-order valence-corrected chi connectivity index (χ0v) is 17.0. The Balaban J connectivity index is 1.61. The highest BCUT2D eigenvalue weighted by Crippen LogP contribution is 2.36. The molecule has 27 heavy (non-hydrogen) atoms. The molecule has 144 valence electrons. The van der Waals surface area contributed by atoms with Crippen molar-refractivity contribution in [1.29, 1.82) is 0 Å². The van der Waals surface area contributed by atoms with E-state index in [-0.39, 0.29) is 18.3 Å². The first kappa shape index (κ1) is 19.9. The third kappa shape index (κ3) is 4.73. The van der Waals surface area contributed by atoms with Crippen LogP contribution in [-0.2, 0) is 27.1 Å². The van der Waals surface area contributed by atoms with Crippen LogP contribution in [0.4, 0.5) is 0 Å². The predicted molar refractivity (Wildman–Crippen MR) is 109 cm³/mol. The standard InChI is InChI=1S/C22H29BO4/c1-21(2)22(3,4)27-23(26-21)19-8-6-7-18(15-19)16-25-20-11-9-17(10-12-20)13-14-24-5/h6-12,15H,13-14,16H2,1-5H3. The highest BCUT2D eigenvalue weighted by atomic mass is 16.7. The second-order valence-corrected chi connectivity index (χ2v) is 8.01. The number of methoxy groups -OCH3 is 1. The quantitative estimate of drug-likeness (QED) is 0.698. The lowest BCUT2D eigenvalue weighted by Gasteiger charge is -2.32. The van der Waals surface area contributed by atoms with Gasteiger partial charge in [0.15, 0.2) is 0 Å². The first-order valence-electron chi connectivity index (χ1n) is 9.46. The Morgan fingerprint density at radius 2 is 1.56 bits per heavy atom. The van der Waals surface area contributed by atoms with Crippen molar-refractivity contribution in [3.63, 3.8) is 0 Å². The Morgan fingerprint density at radius 1 is 0.889 bits per heavy atom. The Kier molecular flexibility index (Phi) is 5.94. The van der Waals surface area contributed by atoms with E-state index in [0.717, 1.165) is 29.8 Å². The average molecular weight is 368 g/mol. The van der Waals surface area contributed by atoms with Gasteiger partial charge in [0.05, 0.1) is 17.8 Å². The van der Waals surface area contributed by atoms with Gasteiger partial charge in [0, 0.05) is 7.11 Å². The topological polar surface area (TPSA) is 36.9 Å². The van der Waals surface area contributed by atoms with Crippen LogP contribution in [0.2, 0.25) is 0 Å². The smallest absolute Gasteiger partial charge is 0.489 e. The van der Waals surface area contributed by atoms with E-state index in [4.69, 9.17) is 18.8 Å². The Labute approximate surface area is 162 Å². The van der Waals surface area contributed by atoms with Crippen LogP contribution in [-0.4, -0.2) is 32.0 Å². The summed E-state index contributed by atoms with van der Waals surface area (Å²) in [5, 5.41) is 0. The minimum Gasteiger partial charge on any atom is -0.489 e. The van der Waals surface area contributed by atoms with Crippen LogP contribution in [0, 0.1) is 0 Å². The second-order valence-electron chi connectivity index (χ2n) is 8.01. The van der Waals surface area contributed by atoms with Crippen molar-refractivity contribution in [1.82, 2.24) is 0 Å². The molecule has 2 aromatic carbocycles. The monoisotopic (exact) mass is 368 g/mol. The fourth-order valence-corrected chi connectivity index (χ4v) is 2.95. The molecule has 1 heterocycles. The van der Waals surface area contributed by atoms with Gasteiger partial charge in [-0.3, -0.25) is 0 Å². The van der Waals surface area contributed by atoms with Crippen LogP contribution in [0.5, 0.6) is 5.75 Å². The summed E-state index contributed by atoms with van der Waals surface area (Å²) in [5.74, 6) is 0.859. The van der Waals surface area contributed by atoms with Crippen molar-refractivity contribution < 1.29 is 18.8 Å². The third-order valence-electron chi connectivity index (χ3n) is 5.40. The zero-order valence-electron chi connectivity index (χ0n) is 17.0. The molecule has 0 aliphatic carbocycles. The predicted octanol–water partition coefficient (Wildman–Crippen LogP) is 3.75. The molecule has 0 saturated carbocycles. The van der Waals surface area contributed by atoms with Gasteiger partial charge >= 0.3 is 7.12 Å². The molecule has 1 saturated heterocycles. The van der Waals surface area contributed by atoms with Crippen LogP contribution in [0.25, 0.3) is 0 Å². The van der Waals surface area contributed by atoms with E-state index in [1.54, 1.807) is 7.11 Å². The molecular formula is C22H29BO4. The molecule has 0 aromatic heterocycles. The van der Waals surface area contributed by atoms with E-state index in [9.17, 15) is 0 Å². The van der Waals surface area contributed by atoms with Crippen molar-refractivity contribution in [2.75, 3.05) is 13.7 Å². The molecule has 3 rings (SSSR count). The maximum atomic E-state index is 6.14. The SMILES string of the molecule is COCCc1ccc(OCc2cccc(B3OC(C)(C)C(C)(C)O3)c2)cc1. The Hall–Kier alpha value is -1.82. The van der Waals surface area contributed by atoms with Gasteiger partial charge in [-0.05, 0) is 62.8 Å². The fraction of sp³-hybridized carbons (Fsp3) is 0.455. The molecule has 5 heteroatoms. The lowest BCUT2D eigenvalue weighted by molar-refractivity contribution is 0.00578. The Morgan fingerprint density at radius 3 is 2.19 bits per heavy atom. The van der Waals surface area contributed by atoms with Crippen molar-refractivity contribution in [2.45, 2.75) is 51.9 Å². The molecule has 0 bridgehead atoms. The van der Waals surface area contributed by atoms with Crippen molar-refractivity contribution in [2.24, 2.45) is 0 Å². The van der Waals surface area contributed by atoms with E-state index < -0.39 is 0 Å². The van der Waals surface area contributed by atoms with Crippen LogP contribution in [0.3, 0.4) is 0 Å². The summed E-state index contributed by atoms with van der Waals surface area (Å²) in [4.78, 5) is 0. The number of hydrogen-bond donors (Lipinski definition) is 0. The number of hydrogen-bond acceptors (Lipinski definition) is 4. The molecule has 0 N–H and O–H groups in total. The Bertz CT molecular complexity index is 739. The molecule has 0 spiro atoms. The molecule has 4 nitrogen and oxygen atoms in total. The number of ether oxygens (including phenoxy) is 2. The summed E-state index contributed by atoms with van der Waals surface area (Å²) in [6, 6.07) is 16.4. The summed E-state index contributed by atoms with van der Waals surface area (Å²) in [6.07, 6.45) is 0.910. The molecule has 1 aliphatic rings. The van der Waals surface area contributed by atoms with Gasteiger partial charge in [-0.15, -0.1) is 0 Å². The van der Waals surface area contributed by atoms with Gasteiger partial charge in [-0.25, -0.2) is 0 Å². The summed E-state index contributed by atoms with van der Waals surface area (Å²) in [5.41, 5.74) is 2.67. The maximum absolute atomic E-state index is 6.14. The third-order valence-corrected chi connectivity index (χ3v) is 5.40.